The number of likely N-dealkylation sites (tertiary alicyclic amines) is 4. The van der Waals surface area contributed by atoms with E-state index in [0.29, 0.717) is 149 Å². The second-order valence-corrected chi connectivity index (χ2v) is 37.1. The summed E-state index contributed by atoms with van der Waals surface area (Å²) in [4.78, 5) is 60.5. The first kappa shape index (κ1) is 88.5. The Morgan fingerprint density at radius 3 is 1.53 bits per heavy atom. The number of aliphatic hydroxyl groups is 2. The first-order valence-corrected chi connectivity index (χ1v) is 45.4. The van der Waals surface area contributed by atoms with Gasteiger partial charge in [0.1, 0.15) is 68.9 Å². The Morgan fingerprint density at radius 1 is 0.534 bits per heavy atom. The van der Waals surface area contributed by atoms with Crippen LogP contribution in [0.2, 0.25) is 5.02 Å². The Morgan fingerprint density at radius 2 is 1.01 bits per heavy atom. The molecule has 9 aliphatic rings. The molecule has 5 saturated heterocycles. The normalized spacial score (nSPS) is 17.3. The lowest BCUT2D eigenvalue weighted by Gasteiger charge is -2.45. The molecule has 4 amide bonds. The quantitative estimate of drug-likeness (QED) is 0.115. The minimum Gasteiger partial charge on any atom is -0.496 e. The maximum atomic E-state index is 14.7. The Kier molecular flexibility index (Phi) is 23.8. The summed E-state index contributed by atoms with van der Waals surface area (Å²) in [5.41, 5.74) is 11.6. The van der Waals surface area contributed by atoms with Gasteiger partial charge in [0.2, 0.25) is 0 Å². The fraction of sp³-hybridized carbons (Fsp3) is 0.352. The third-order valence-corrected chi connectivity index (χ3v) is 27.3. The van der Waals surface area contributed by atoms with Crippen molar-refractivity contribution in [3.63, 3.8) is 0 Å². The van der Waals surface area contributed by atoms with Crippen molar-refractivity contribution in [1.29, 1.82) is 5.26 Å². The van der Waals surface area contributed by atoms with Gasteiger partial charge in [-0.05, 0) is 204 Å². The number of para-hydroxylation sites is 4. The molecule has 8 aromatic carbocycles. The van der Waals surface area contributed by atoms with Crippen molar-refractivity contribution in [2.24, 2.45) is 7.05 Å². The molecule has 0 saturated carbocycles. The lowest BCUT2D eigenvalue weighted by atomic mass is 9.81. The van der Waals surface area contributed by atoms with E-state index in [9.17, 15) is 39.0 Å². The summed E-state index contributed by atoms with van der Waals surface area (Å²) in [6.45, 7) is 21.0. The Bertz CT molecular complexity index is 6410. The molecule has 24 nitrogen and oxygen atoms in total. The van der Waals surface area contributed by atoms with Crippen molar-refractivity contribution >= 4 is 35.2 Å². The number of halogens is 2. The highest BCUT2D eigenvalue weighted by atomic mass is 35.5. The molecule has 4 spiro atoms. The third kappa shape index (κ3) is 16.5. The zero-order valence-corrected chi connectivity index (χ0v) is 76.2. The number of fused-ring (bicyclic) bond motifs is 16. The Labute approximate surface area is 769 Å². The van der Waals surface area contributed by atoms with Gasteiger partial charge in [-0.2, -0.15) is 10.4 Å². The van der Waals surface area contributed by atoms with Gasteiger partial charge in [-0.15, -0.1) is 0 Å². The van der Waals surface area contributed by atoms with Crippen LogP contribution in [-0.4, -0.2) is 168 Å². The van der Waals surface area contributed by atoms with Crippen molar-refractivity contribution in [2.75, 3.05) is 79.3 Å². The number of carbonyl (C=O) groups excluding carboxylic acids is 4. The molecule has 12 aromatic rings. The van der Waals surface area contributed by atoms with Crippen LogP contribution in [0.4, 0.5) is 4.39 Å². The number of benzene rings is 8. The van der Waals surface area contributed by atoms with E-state index in [1.165, 1.54) is 11.8 Å². The van der Waals surface area contributed by atoms with Gasteiger partial charge in [-0.25, -0.2) is 4.39 Å². The molecule has 9 aliphatic heterocycles. The van der Waals surface area contributed by atoms with Crippen LogP contribution >= 0.6 is 11.6 Å². The van der Waals surface area contributed by atoms with E-state index in [4.69, 9.17) is 49.5 Å². The average molecular weight is 1790 g/mol. The van der Waals surface area contributed by atoms with Gasteiger partial charge in [-0.3, -0.25) is 28.4 Å². The molecule has 0 unspecified atom stereocenters. The summed E-state index contributed by atoms with van der Waals surface area (Å²) in [6.07, 6.45) is 11.6. The highest BCUT2D eigenvalue weighted by molar-refractivity contribution is 6.30. The smallest absolute Gasteiger partial charge is 0.253 e. The summed E-state index contributed by atoms with van der Waals surface area (Å²) in [5.74, 6) is 4.75. The number of piperidine rings is 4. The van der Waals surface area contributed by atoms with Crippen LogP contribution in [0, 0.1) is 31.0 Å². The van der Waals surface area contributed by atoms with Crippen molar-refractivity contribution in [3.8, 4) is 74.6 Å². The van der Waals surface area contributed by atoms with Gasteiger partial charge in [0.05, 0.1) is 79.5 Å². The van der Waals surface area contributed by atoms with Gasteiger partial charge in [-0.1, -0.05) is 74.0 Å². The number of nitrogens with zero attached hydrogens (tertiary/aromatic N) is 10. The molecule has 13 heterocycles. The first-order valence-electron chi connectivity index (χ1n) is 45.0. The topological polar surface area (TPSA) is 252 Å². The summed E-state index contributed by atoms with van der Waals surface area (Å²) in [6, 6.07) is 64.6. The molecular weight excluding hydrogens is 1680 g/mol. The Hall–Kier alpha value is -13.1. The number of amides is 4. The van der Waals surface area contributed by atoms with Gasteiger partial charge in [0, 0.05) is 181 Å². The first-order chi connectivity index (χ1) is 63.1. The van der Waals surface area contributed by atoms with Crippen LogP contribution in [0.3, 0.4) is 0 Å². The number of hydrogen-bond donors (Lipinski definition) is 2. The second-order valence-electron chi connectivity index (χ2n) is 36.7. The zero-order valence-electron chi connectivity index (χ0n) is 75.4. The van der Waals surface area contributed by atoms with Gasteiger partial charge in [0.15, 0.2) is 22.6 Å². The number of rotatable bonds is 12. The maximum absolute atomic E-state index is 14.7. The monoisotopic (exact) mass is 1790 g/mol. The number of aliphatic hydroxyl groups excluding tert-OH is 1. The van der Waals surface area contributed by atoms with Crippen LogP contribution in [0.5, 0.6) is 40.2 Å². The van der Waals surface area contributed by atoms with E-state index in [0.717, 1.165) is 103 Å². The zero-order chi connectivity index (χ0) is 91.6. The molecule has 0 radical (unpaired) electrons. The molecule has 680 valence electrons. The fourth-order valence-corrected chi connectivity index (χ4v) is 20.1. The van der Waals surface area contributed by atoms with E-state index < -0.39 is 33.6 Å². The van der Waals surface area contributed by atoms with E-state index >= 15 is 0 Å². The van der Waals surface area contributed by atoms with Gasteiger partial charge < -0.3 is 76.8 Å². The summed E-state index contributed by atoms with van der Waals surface area (Å²) >= 11 is 6.24. The highest BCUT2D eigenvalue weighted by Gasteiger charge is 2.51. The van der Waals surface area contributed by atoms with E-state index in [2.05, 4.69) is 56.8 Å². The summed E-state index contributed by atoms with van der Waals surface area (Å²) < 4.78 is 71.1. The predicted octanol–water partition coefficient (Wildman–Crippen LogP) is 18.5. The van der Waals surface area contributed by atoms with Crippen molar-refractivity contribution in [1.82, 2.24) is 43.1 Å². The summed E-state index contributed by atoms with van der Waals surface area (Å²) in [5, 5.41) is 34.9. The van der Waals surface area contributed by atoms with Crippen LogP contribution in [0.1, 0.15) is 188 Å². The predicted molar refractivity (Wildman–Crippen MR) is 498 cm³/mol. The number of hydrogen-bond acceptors (Lipinski definition) is 16. The second kappa shape index (κ2) is 35.3. The van der Waals surface area contributed by atoms with E-state index in [1.807, 2.05) is 220 Å². The van der Waals surface area contributed by atoms with E-state index in [1.54, 1.807) is 54.1 Å². The largest absolute Gasteiger partial charge is 0.496 e. The third-order valence-electron chi connectivity index (χ3n) is 27.1. The molecule has 0 aliphatic carbocycles. The van der Waals surface area contributed by atoms with E-state index in [-0.39, 0.29) is 56.6 Å². The molecule has 0 atom stereocenters. The molecule has 0 bridgehead atoms. The molecule has 4 aromatic heterocycles. The summed E-state index contributed by atoms with van der Waals surface area (Å²) in [7, 11) is 3.55. The van der Waals surface area contributed by atoms with Crippen LogP contribution in [-0.2, 0) is 45.2 Å². The van der Waals surface area contributed by atoms with Gasteiger partial charge >= 0.3 is 0 Å². The minimum atomic E-state index is -0.922. The average Bonchev–Trinajstić information content (AvgIpc) is 1.64. The Balaban J connectivity index is 0.000000129. The van der Waals surface area contributed by atoms with Gasteiger partial charge in [0.25, 0.3) is 23.6 Å². The maximum Gasteiger partial charge on any atom is 0.253 e. The molecule has 131 heavy (non-hydrogen) atoms. The molecule has 26 heteroatoms. The lowest BCUT2D eigenvalue weighted by Crippen LogP contribution is -2.50. The number of nitriles is 1. The fourth-order valence-electron chi connectivity index (χ4n) is 19.9. The lowest BCUT2D eigenvalue weighted by molar-refractivity contribution is -0.184. The minimum absolute atomic E-state index is 0. The highest BCUT2D eigenvalue weighted by Crippen LogP contribution is 2.53. The van der Waals surface area contributed by atoms with Crippen molar-refractivity contribution < 1.29 is 74.5 Å². The van der Waals surface area contributed by atoms with Crippen molar-refractivity contribution in [3.05, 3.63) is 302 Å². The number of carbonyl (C=O) groups is 4. The molecule has 5 fully saturated rings. The molecule has 21 rings (SSSR count). The number of ether oxygens (including phenoxy) is 8. The van der Waals surface area contributed by atoms with Crippen LogP contribution < -0.4 is 33.2 Å². The standard InChI is InChI=1S/C27H29ClN2O4.C27H26FN3O3.C26H28N2O3.C25H25N3O4.2H2/c1-26(2,17-31)20-8-6-18(15-22(20)33-3)25(32)29-13-10-27(11-14-29)24-5-4-12-30(24)21-9-7-19(28)16-23(21)34-27;1-17(2)33-22-9-7-19(15-18(22)3)26(32)30-13-11-27(12-14-30)24-10-8-20(16-29)31(24)25-21(28)5-4-6-23(25)34-27;1-18(2)30-22-11-10-20(17-19(22)3)25(29)27-15-12-26(13-16-27)24-9-6-14-28(24)21-7-4-5-8-23(21)31-26;1-27-22-19-4-2-3-5-21(19)32-25(20(22)14-26-27)10-12-28(13-11-25)23(29)17-6-8-18(9-7-17)24(30)15-31-16-24;;/h4-9,12,15-16,31H,10-11,13-14,17H2,1-3H3;4-10,15,17H,11-14H2,1-3H3;4-11,14,17-18H,12-13,15-16H2,1-3H3;2-9,14,30H,10-13,15-16H2,1H3;2*1H. The molecular formula is C105H112ClFN10O14. The SMILES string of the molecule is COc1cc(C(=O)N2CCC3(CC2)Oc2cc(Cl)ccc2-n2cccc23)ccc1C(C)(C)CO.Cc1cc(C(=O)N2CCC3(CC2)Oc2cccc(F)c2-n2c(C#N)ccc23)ccc1OC(C)C.Cc1cc(C(=O)N2CCC3(CC2)Oc2ccccc2-n2cccc23)ccc1OC(C)C.Cn1ncc2c1-c1ccccc1OC21CCN(C(=O)c2ccc(C3(O)COC3)cc2)CC1.[HH].[HH]. The van der Waals surface area contributed by atoms with Crippen LogP contribution in [0.15, 0.2) is 219 Å². The van der Waals surface area contributed by atoms with Crippen LogP contribution in [0.25, 0.3) is 28.3 Å². The number of aromatic nitrogens is 5. The number of methoxy groups -OCH3 is 1. The molecule has 2 N–H and O–H groups in total. The number of aryl methyl sites for hydroxylation is 3. The van der Waals surface area contributed by atoms with Crippen molar-refractivity contribution in [2.45, 2.75) is 152 Å².